The number of carbonyl (C=O) groups is 2. The Hall–Kier alpha value is -3.47. The predicted molar refractivity (Wildman–Crippen MR) is 140 cm³/mol. The van der Waals surface area contributed by atoms with Crippen molar-refractivity contribution in [3.05, 3.63) is 71.0 Å². The molecule has 0 radical (unpaired) electrons. The maximum Gasteiger partial charge on any atom is 0.435 e. The monoisotopic (exact) mass is 549 g/mol. The molecule has 0 saturated carbocycles. The SMILES string of the molecule is CCOc1nc(C(F)(F)F)c(CNC(=O)C(S)CC(C)C)n1Cc1ccc(-c2ccccc2C(=O)O)cc1. The van der Waals surface area contributed by atoms with Crippen molar-refractivity contribution in [3.63, 3.8) is 0 Å². The minimum atomic E-state index is -4.76. The molecule has 1 unspecified atom stereocenters. The summed E-state index contributed by atoms with van der Waals surface area (Å²) >= 11 is 4.28. The summed E-state index contributed by atoms with van der Waals surface area (Å²) in [5.74, 6) is -1.34. The van der Waals surface area contributed by atoms with Gasteiger partial charge in [-0.15, -0.1) is 0 Å². The average Bonchev–Trinajstić information content (AvgIpc) is 3.20. The number of aromatic nitrogens is 2. The van der Waals surface area contributed by atoms with Gasteiger partial charge in [0.1, 0.15) is 0 Å². The predicted octanol–water partition coefficient (Wildman–Crippen LogP) is 5.67. The molecule has 0 aliphatic carbocycles. The smallest absolute Gasteiger partial charge is 0.435 e. The minimum absolute atomic E-state index is 0.0131. The van der Waals surface area contributed by atoms with E-state index in [4.69, 9.17) is 4.74 Å². The first-order chi connectivity index (χ1) is 17.9. The highest BCUT2D eigenvalue weighted by atomic mass is 32.1. The third-order valence-electron chi connectivity index (χ3n) is 5.77. The fourth-order valence-corrected chi connectivity index (χ4v) is 4.52. The number of halogens is 3. The summed E-state index contributed by atoms with van der Waals surface area (Å²) in [4.78, 5) is 27.8. The van der Waals surface area contributed by atoms with E-state index in [2.05, 4.69) is 22.9 Å². The van der Waals surface area contributed by atoms with Gasteiger partial charge in [-0.25, -0.2) is 4.79 Å². The number of hydrogen-bond acceptors (Lipinski definition) is 5. The van der Waals surface area contributed by atoms with Crippen molar-refractivity contribution in [2.45, 2.75) is 51.7 Å². The number of imidazole rings is 1. The van der Waals surface area contributed by atoms with Gasteiger partial charge in [-0.3, -0.25) is 9.36 Å². The number of rotatable bonds is 11. The molecule has 2 aromatic carbocycles. The lowest BCUT2D eigenvalue weighted by molar-refractivity contribution is -0.142. The molecule has 3 aromatic rings. The molecular weight excluding hydrogens is 519 g/mol. The number of nitrogens with zero attached hydrogens (tertiary/aromatic N) is 2. The Morgan fingerprint density at radius 1 is 1.13 bits per heavy atom. The molecule has 1 amide bonds. The normalized spacial score (nSPS) is 12.4. The van der Waals surface area contributed by atoms with Crippen LogP contribution >= 0.6 is 12.6 Å². The number of carboxylic acids is 1. The van der Waals surface area contributed by atoms with Crippen molar-refractivity contribution in [2.75, 3.05) is 6.61 Å². The molecule has 11 heteroatoms. The first-order valence-electron chi connectivity index (χ1n) is 12.1. The fraction of sp³-hybridized carbons (Fsp3) is 0.370. The van der Waals surface area contributed by atoms with Crippen molar-refractivity contribution in [2.24, 2.45) is 5.92 Å². The van der Waals surface area contributed by atoms with Crippen LogP contribution in [0.1, 0.15) is 54.5 Å². The van der Waals surface area contributed by atoms with Gasteiger partial charge in [0.25, 0.3) is 6.01 Å². The quantitative estimate of drug-likeness (QED) is 0.268. The second-order valence-electron chi connectivity index (χ2n) is 9.12. The van der Waals surface area contributed by atoms with Crippen LogP contribution in [0.2, 0.25) is 0 Å². The molecule has 2 N–H and O–H groups in total. The van der Waals surface area contributed by atoms with Gasteiger partial charge in [0.05, 0.1) is 36.2 Å². The molecule has 1 heterocycles. The van der Waals surface area contributed by atoms with Crippen molar-refractivity contribution < 1.29 is 32.6 Å². The second kappa shape index (κ2) is 12.4. The number of carbonyl (C=O) groups excluding carboxylic acids is 1. The Morgan fingerprint density at radius 3 is 2.37 bits per heavy atom. The van der Waals surface area contributed by atoms with E-state index in [0.29, 0.717) is 23.1 Å². The van der Waals surface area contributed by atoms with Gasteiger partial charge in [0.2, 0.25) is 5.91 Å². The summed E-state index contributed by atoms with van der Waals surface area (Å²) in [7, 11) is 0. The molecule has 204 valence electrons. The van der Waals surface area contributed by atoms with E-state index in [1.165, 1.54) is 10.6 Å². The number of amides is 1. The second-order valence-corrected chi connectivity index (χ2v) is 9.74. The molecule has 0 aliphatic heterocycles. The zero-order valence-electron chi connectivity index (χ0n) is 21.2. The Labute approximate surface area is 224 Å². The fourth-order valence-electron chi connectivity index (χ4n) is 4.01. The zero-order valence-corrected chi connectivity index (χ0v) is 22.1. The van der Waals surface area contributed by atoms with Crippen LogP contribution in [0.5, 0.6) is 6.01 Å². The molecule has 3 rings (SSSR count). The highest BCUT2D eigenvalue weighted by molar-refractivity contribution is 7.81. The molecule has 0 bridgehead atoms. The van der Waals surface area contributed by atoms with Crippen LogP contribution in [-0.2, 0) is 24.1 Å². The Bertz CT molecular complexity index is 1270. The van der Waals surface area contributed by atoms with Crippen LogP contribution in [0.4, 0.5) is 13.2 Å². The van der Waals surface area contributed by atoms with Crippen LogP contribution < -0.4 is 10.1 Å². The minimum Gasteiger partial charge on any atom is -0.478 e. The summed E-state index contributed by atoms with van der Waals surface area (Å²) in [6.45, 7) is 5.16. The third-order valence-corrected chi connectivity index (χ3v) is 6.22. The maximum absolute atomic E-state index is 13.9. The molecular formula is C27H30F3N3O4S. The van der Waals surface area contributed by atoms with Gasteiger partial charge in [-0.1, -0.05) is 56.3 Å². The topological polar surface area (TPSA) is 93.5 Å². The number of carboxylic acid groups (broad SMARTS) is 1. The molecule has 0 aliphatic rings. The maximum atomic E-state index is 13.9. The average molecular weight is 550 g/mol. The van der Waals surface area contributed by atoms with E-state index in [1.54, 1.807) is 49.4 Å². The number of nitrogens with one attached hydrogen (secondary N) is 1. The van der Waals surface area contributed by atoms with E-state index in [9.17, 15) is 27.9 Å². The number of ether oxygens (including phenoxy) is 1. The van der Waals surface area contributed by atoms with Crippen molar-refractivity contribution >= 4 is 24.5 Å². The summed E-state index contributed by atoms with van der Waals surface area (Å²) in [6.07, 6.45) is -4.29. The van der Waals surface area contributed by atoms with Gasteiger partial charge >= 0.3 is 12.1 Å². The molecule has 1 aromatic heterocycles. The number of benzene rings is 2. The number of aromatic carboxylic acids is 1. The summed E-state index contributed by atoms with van der Waals surface area (Å²) in [5.41, 5.74) is 0.576. The number of hydrogen-bond donors (Lipinski definition) is 3. The van der Waals surface area contributed by atoms with Crippen LogP contribution in [0, 0.1) is 5.92 Å². The Balaban J connectivity index is 1.95. The van der Waals surface area contributed by atoms with E-state index in [1.807, 2.05) is 13.8 Å². The van der Waals surface area contributed by atoms with Crippen LogP contribution in [0.3, 0.4) is 0 Å². The van der Waals surface area contributed by atoms with Gasteiger partial charge in [-0.2, -0.15) is 30.8 Å². The Morgan fingerprint density at radius 2 is 1.79 bits per heavy atom. The van der Waals surface area contributed by atoms with Crippen molar-refractivity contribution in [3.8, 4) is 17.1 Å². The van der Waals surface area contributed by atoms with Gasteiger partial charge < -0.3 is 15.2 Å². The Kier molecular flexibility index (Phi) is 9.48. The largest absolute Gasteiger partial charge is 0.478 e. The molecule has 7 nitrogen and oxygen atoms in total. The van der Waals surface area contributed by atoms with E-state index < -0.39 is 35.5 Å². The first kappa shape index (κ1) is 29.1. The lowest BCUT2D eigenvalue weighted by Crippen LogP contribution is -2.33. The van der Waals surface area contributed by atoms with E-state index in [-0.39, 0.29) is 36.3 Å². The van der Waals surface area contributed by atoms with Gasteiger partial charge in [-0.05, 0) is 42.0 Å². The molecule has 0 saturated heterocycles. The van der Waals surface area contributed by atoms with Crippen LogP contribution in [0.15, 0.2) is 48.5 Å². The summed E-state index contributed by atoms with van der Waals surface area (Å²) in [5, 5.41) is 11.4. The lowest BCUT2D eigenvalue weighted by atomic mass is 9.99. The molecule has 0 spiro atoms. The standard InChI is InChI=1S/C27H30F3N3O4S/c1-4-37-26-32-23(27(28,29)30)21(14-31-24(34)22(38)13-16(2)3)33(26)15-17-9-11-18(12-10-17)19-7-5-6-8-20(19)25(35)36/h5-12,16,22,38H,4,13-15H2,1-3H3,(H,31,34)(H,35,36). The van der Waals surface area contributed by atoms with Gasteiger partial charge in [0.15, 0.2) is 5.69 Å². The van der Waals surface area contributed by atoms with E-state index >= 15 is 0 Å². The summed E-state index contributed by atoms with van der Waals surface area (Å²) in [6, 6.07) is 13.1. The first-order valence-corrected chi connectivity index (χ1v) is 12.6. The molecule has 38 heavy (non-hydrogen) atoms. The molecule has 0 fully saturated rings. The third kappa shape index (κ3) is 7.09. The van der Waals surface area contributed by atoms with Gasteiger partial charge in [0, 0.05) is 0 Å². The van der Waals surface area contributed by atoms with Crippen LogP contribution in [0.25, 0.3) is 11.1 Å². The lowest BCUT2D eigenvalue weighted by Gasteiger charge is -2.17. The zero-order chi connectivity index (χ0) is 28.0. The molecule has 1 atom stereocenters. The number of alkyl halides is 3. The highest BCUT2D eigenvalue weighted by Crippen LogP contribution is 2.35. The van der Waals surface area contributed by atoms with Crippen molar-refractivity contribution in [1.29, 1.82) is 0 Å². The van der Waals surface area contributed by atoms with Crippen molar-refractivity contribution in [1.82, 2.24) is 14.9 Å². The summed E-state index contributed by atoms with van der Waals surface area (Å²) < 4.78 is 48.5. The van der Waals surface area contributed by atoms with Crippen LogP contribution in [-0.4, -0.2) is 38.4 Å². The van der Waals surface area contributed by atoms with E-state index in [0.717, 1.165) is 0 Å². The number of thiol groups is 1. The highest BCUT2D eigenvalue weighted by Gasteiger charge is 2.39.